The lowest BCUT2D eigenvalue weighted by atomic mass is 10.2. The van der Waals surface area contributed by atoms with Gasteiger partial charge in [-0.3, -0.25) is 9.59 Å². The molecule has 2 amide bonds. The molecule has 0 aliphatic carbocycles. The fourth-order valence-electron chi connectivity index (χ4n) is 2.23. The standard InChI is InChI=1S/C16H18ClN3O4/c1-9-15(10(2)24-19-9)16(22)20(3)8-14(21)18-12-7-11(17)5-6-13(12)23-4/h5-7H,8H2,1-4H3,(H,18,21). The van der Waals surface area contributed by atoms with Crippen LogP contribution in [0.5, 0.6) is 5.75 Å². The molecule has 1 aromatic heterocycles. The summed E-state index contributed by atoms with van der Waals surface area (Å²) in [7, 11) is 3.02. The van der Waals surface area contributed by atoms with E-state index in [1.54, 1.807) is 32.0 Å². The largest absolute Gasteiger partial charge is 0.495 e. The molecule has 2 aromatic rings. The average Bonchev–Trinajstić information content (AvgIpc) is 2.85. The van der Waals surface area contributed by atoms with Gasteiger partial charge in [-0.1, -0.05) is 16.8 Å². The summed E-state index contributed by atoms with van der Waals surface area (Å²) in [5.74, 6) is 0.186. The third-order valence-corrected chi connectivity index (χ3v) is 3.65. The number of anilines is 1. The van der Waals surface area contributed by atoms with Crippen molar-refractivity contribution in [3.05, 3.63) is 40.2 Å². The van der Waals surface area contributed by atoms with E-state index >= 15 is 0 Å². The Morgan fingerprint density at radius 2 is 2.08 bits per heavy atom. The van der Waals surface area contributed by atoms with Crippen LogP contribution < -0.4 is 10.1 Å². The maximum Gasteiger partial charge on any atom is 0.259 e. The summed E-state index contributed by atoms with van der Waals surface area (Å²) in [6.07, 6.45) is 0. The number of carbonyl (C=O) groups is 2. The number of benzene rings is 1. The molecular formula is C16H18ClN3O4. The molecule has 1 heterocycles. The van der Waals surface area contributed by atoms with Crippen molar-refractivity contribution < 1.29 is 18.8 Å². The highest BCUT2D eigenvalue weighted by Crippen LogP contribution is 2.27. The summed E-state index contributed by atoms with van der Waals surface area (Å²) in [5.41, 5.74) is 1.29. The zero-order valence-electron chi connectivity index (χ0n) is 13.8. The first-order valence-corrected chi connectivity index (χ1v) is 7.53. The van der Waals surface area contributed by atoms with Crippen LogP contribution >= 0.6 is 11.6 Å². The van der Waals surface area contributed by atoms with E-state index in [1.165, 1.54) is 19.1 Å². The third-order valence-electron chi connectivity index (χ3n) is 3.41. The minimum absolute atomic E-state index is 0.140. The number of halogens is 1. The van der Waals surface area contributed by atoms with Crippen LogP contribution in [0.1, 0.15) is 21.8 Å². The van der Waals surface area contributed by atoms with Crippen LogP contribution in [0, 0.1) is 13.8 Å². The number of carbonyl (C=O) groups excluding carboxylic acids is 2. The molecule has 0 aliphatic heterocycles. The molecule has 1 N–H and O–H groups in total. The van der Waals surface area contributed by atoms with Gasteiger partial charge in [0.2, 0.25) is 5.91 Å². The Labute approximate surface area is 144 Å². The van der Waals surface area contributed by atoms with Crippen molar-refractivity contribution in [1.29, 1.82) is 0 Å². The van der Waals surface area contributed by atoms with E-state index in [-0.39, 0.29) is 18.4 Å². The summed E-state index contributed by atoms with van der Waals surface area (Å²) in [5, 5.41) is 6.89. The van der Waals surface area contributed by atoms with Crippen LogP contribution in [0.4, 0.5) is 5.69 Å². The van der Waals surface area contributed by atoms with Crippen molar-refractivity contribution in [2.45, 2.75) is 13.8 Å². The number of aromatic nitrogens is 1. The second kappa shape index (κ2) is 7.35. The van der Waals surface area contributed by atoms with Crippen molar-refractivity contribution >= 4 is 29.1 Å². The molecule has 0 bridgehead atoms. The van der Waals surface area contributed by atoms with E-state index < -0.39 is 0 Å². The smallest absolute Gasteiger partial charge is 0.259 e. The van der Waals surface area contributed by atoms with Crippen LogP contribution in [0.2, 0.25) is 5.02 Å². The SMILES string of the molecule is COc1ccc(Cl)cc1NC(=O)CN(C)C(=O)c1c(C)noc1C. The number of aryl methyl sites for hydroxylation is 2. The van der Waals surface area contributed by atoms with Crippen LogP contribution in [0.15, 0.2) is 22.7 Å². The molecule has 8 heteroatoms. The van der Waals surface area contributed by atoms with E-state index in [9.17, 15) is 9.59 Å². The lowest BCUT2D eigenvalue weighted by Crippen LogP contribution is -2.35. The van der Waals surface area contributed by atoms with Crippen molar-refractivity contribution in [1.82, 2.24) is 10.1 Å². The summed E-state index contributed by atoms with van der Waals surface area (Å²) >= 11 is 5.93. The van der Waals surface area contributed by atoms with Gasteiger partial charge in [-0.05, 0) is 32.0 Å². The van der Waals surface area contributed by atoms with Gasteiger partial charge in [-0.2, -0.15) is 0 Å². The minimum Gasteiger partial charge on any atom is -0.495 e. The highest BCUT2D eigenvalue weighted by Gasteiger charge is 2.22. The van der Waals surface area contributed by atoms with Gasteiger partial charge in [0.25, 0.3) is 5.91 Å². The normalized spacial score (nSPS) is 10.4. The number of ether oxygens (including phenoxy) is 1. The molecule has 7 nitrogen and oxygen atoms in total. The van der Waals surface area contributed by atoms with Crippen molar-refractivity contribution in [3.63, 3.8) is 0 Å². The van der Waals surface area contributed by atoms with E-state index in [0.29, 0.717) is 33.5 Å². The Bertz CT molecular complexity index is 753. The summed E-state index contributed by atoms with van der Waals surface area (Å²) in [6.45, 7) is 3.19. The van der Waals surface area contributed by atoms with Gasteiger partial charge in [-0.15, -0.1) is 0 Å². The highest BCUT2D eigenvalue weighted by atomic mass is 35.5. The Morgan fingerprint density at radius 1 is 1.38 bits per heavy atom. The van der Waals surface area contributed by atoms with Crippen molar-refractivity contribution in [2.75, 3.05) is 26.0 Å². The molecule has 0 atom stereocenters. The third kappa shape index (κ3) is 3.86. The Kier molecular flexibility index (Phi) is 5.46. The van der Waals surface area contributed by atoms with E-state index in [1.807, 2.05) is 0 Å². The molecule has 128 valence electrons. The van der Waals surface area contributed by atoms with Gasteiger partial charge in [0.05, 0.1) is 25.0 Å². The highest BCUT2D eigenvalue weighted by molar-refractivity contribution is 6.31. The molecule has 2 rings (SSSR count). The first-order valence-electron chi connectivity index (χ1n) is 7.15. The molecule has 24 heavy (non-hydrogen) atoms. The van der Waals surface area contributed by atoms with Crippen molar-refractivity contribution in [2.24, 2.45) is 0 Å². The maximum atomic E-state index is 12.4. The average molecular weight is 352 g/mol. The quantitative estimate of drug-likeness (QED) is 0.895. The molecule has 1 aromatic carbocycles. The van der Waals surface area contributed by atoms with Gasteiger partial charge in [0.15, 0.2) is 0 Å². The second-order valence-electron chi connectivity index (χ2n) is 5.25. The number of hydrogen-bond donors (Lipinski definition) is 1. The fourth-order valence-corrected chi connectivity index (χ4v) is 2.41. The van der Waals surface area contributed by atoms with Gasteiger partial charge in [-0.25, -0.2) is 0 Å². The number of hydrogen-bond acceptors (Lipinski definition) is 5. The topological polar surface area (TPSA) is 84.7 Å². The predicted octanol–water partition coefficient (Wildman–Crippen LogP) is 2.66. The first kappa shape index (κ1) is 17.8. The zero-order valence-corrected chi connectivity index (χ0v) is 14.6. The van der Waals surface area contributed by atoms with E-state index in [0.717, 1.165) is 0 Å². The summed E-state index contributed by atoms with van der Waals surface area (Å²) in [4.78, 5) is 25.9. The molecule has 0 saturated heterocycles. The van der Waals surface area contributed by atoms with Gasteiger partial charge in [0.1, 0.15) is 17.1 Å². The summed E-state index contributed by atoms with van der Waals surface area (Å²) < 4.78 is 10.2. The monoisotopic (exact) mass is 351 g/mol. The first-order chi connectivity index (χ1) is 11.3. The van der Waals surface area contributed by atoms with Crippen LogP contribution in [0.3, 0.4) is 0 Å². The molecule has 0 saturated carbocycles. The molecule has 0 fully saturated rings. The zero-order chi connectivity index (χ0) is 17.9. The molecule has 0 unspecified atom stereocenters. The van der Waals surface area contributed by atoms with Crippen LogP contribution in [-0.4, -0.2) is 42.6 Å². The van der Waals surface area contributed by atoms with Crippen LogP contribution in [-0.2, 0) is 4.79 Å². The molecule has 0 radical (unpaired) electrons. The number of nitrogens with zero attached hydrogens (tertiary/aromatic N) is 2. The minimum atomic E-state index is -0.377. The maximum absolute atomic E-state index is 12.4. The molecule has 0 spiro atoms. The summed E-state index contributed by atoms with van der Waals surface area (Å²) in [6, 6.07) is 4.88. The number of nitrogens with one attached hydrogen (secondary N) is 1. The van der Waals surface area contributed by atoms with Crippen molar-refractivity contribution in [3.8, 4) is 5.75 Å². The lowest BCUT2D eigenvalue weighted by molar-refractivity contribution is -0.116. The number of methoxy groups -OCH3 is 1. The number of amides is 2. The Hall–Kier alpha value is -2.54. The number of rotatable bonds is 5. The van der Waals surface area contributed by atoms with E-state index in [4.69, 9.17) is 20.9 Å². The second-order valence-corrected chi connectivity index (χ2v) is 5.69. The van der Waals surface area contributed by atoms with Gasteiger partial charge < -0.3 is 19.5 Å². The Morgan fingerprint density at radius 3 is 2.67 bits per heavy atom. The lowest BCUT2D eigenvalue weighted by Gasteiger charge is -2.17. The number of likely N-dealkylation sites (N-methyl/N-ethyl adjacent to an activating group) is 1. The fraction of sp³-hybridized carbons (Fsp3) is 0.312. The van der Waals surface area contributed by atoms with Gasteiger partial charge in [0, 0.05) is 12.1 Å². The van der Waals surface area contributed by atoms with Gasteiger partial charge >= 0.3 is 0 Å². The molecular weight excluding hydrogens is 334 g/mol. The predicted molar refractivity (Wildman–Crippen MR) is 89.6 cm³/mol. The van der Waals surface area contributed by atoms with Crippen LogP contribution in [0.25, 0.3) is 0 Å². The van der Waals surface area contributed by atoms with E-state index in [2.05, 4.69) is 10.5 Å². The Balaban J connectivity index is 2.07. The molecule has 0 aliphatic rings.